The predicted octanol–water partition coefficient (Wildman–Crippen LogP) is 4.25. The van der Waals surface area contributed by atoms with Gasteiger partial charge in [-0.15, -0.1) is 0 Å². The quantitative estimate of drug-likeness (QED) is 0.454. The Balaban J connectivity index is 1.65. The first-order chi connectivity index (χ1) is 14.6. The van der Waals surface area contributed by atoms with Crippen LogP contribution in [0.25, 0.3) is 11.1 Å². The summed E-state index contributed by atoms with van der Waals surface area (Å²) in [6.07, 6.45) is 0.745. The van der Waals surface area contributed by atoms with E-state index in [0.717, 1.165) is 22.3 Å². The van der Waals surface area contributed by atoms with Crippen LogP contribution in [-0.2, 0) is 22.4 Å². The van der Waals surface area contributed by atoms with Crippen LogP contribution in [0.15, 0.2) is 84.9 Å². The molecule has 1 amide bonds. The largest absolute Gasteiger partial charge is 0.480 e. The second kappa shape index (κ2) is 10.6. The van der Waals surface area contributed by atoms with Crippen molar-refractivity contribution in [3.8, 4) is 11.1 Å². The smallest absolute Gasteiger partial charge is 0.326 e. The number of carbonyl (C=O) groups is 2. The highest BCUT2D eigenvalue weighted by atomic mass is 32.1. The molecule has 0 spiro atoms. The zero-order valence-electron chi connectivity index (χ0n) is 16.6. The summed E-state index contributed by atoms with van der Waals surface area (Å²) in [5, 5.41) is 12.3. The third kappa shape index (κ3) is 5.97. The Morgan fingerprint density at radius 2 is 1.30 bits per heavy atom. The highest BCUT2D eigenvalue weighted by Gasteiger charge is 2.25. The minimum atomic E-state index is -1.05. The Bertz CT molecular complexity index is 959. The number of thiol groups is 1. The molecule has 154 valence electrons. The minimum absolute atomic E-state index is 0.223. The fourth-order valence-corrected chi connectivity index (χ4v) is 3.62. The molecule has 3 aromatic carbocycles. The molecule has 0 aliphatic carbocycles. The highest BCUT2D eigenvalue weighted by Crippen LogP contribution is 2.20. The molecule has 0 radical (unpaired) electrons. The molecular formula is C25H25NO3S. The van der Waals surface area contributed by atoms with Gasteiger partial charge in [-0.25, -0.2) is 4.79 Å². The van der Waals surface area contributed by atoms with Gasteiger partial charge in [-0.3, -0.25) is 4.79 Å². The molecule has 2 N–H and O–H groups in total. The molecule has 0 aliphatic rings. The van der Waals surface area contributed by atoms with E-state index in [-0.39, 0.29) is 12.3 Å². The number of carboxylic acids is 1. The zero-order valence-corrected chi connectivity index (χ0v) is 17.5. The molecular weight excluding hydrogens is 394 g/mol. The number of carboxylic acid groups (broad SMARTS) is 1. The van der Waals surface area contributed by atoms with Gasteiger partial charge in [0.05, 0.1) is 5.92 Å². The summed E-state index contributed by atoms with van der Waals surface area (Å²) in [6.45, 7) is 0. The lowest BCUT2D eigenvalue weighted by molar-refractivity contribution is -0.142. The van der Waals surface area contributed by atoms with Crippen LogP contribution < -0.4 is 5.32 Å². The van der Waals surface area contributed by atoms with E-state index in [1.54, 1.807) is 0 Å². The molecule has 30 heavy (non-hydrogen) atoms. The average molecular weight is 420 g/mol. The third-order valence-electron chi connectivity index (χ3n) is 5.03. The van der Waals surface area contributed by atoms with E-state index in [1.165, 1.54) is 0 Å². The van der Waals surface area contributed by atoms with Crippen LogP contribution in [0.1, 0.15) is 11.1 Å². The lowest BCUT2D eigenvalue weighted by atomic mass is 9.98. The van der Waals surface area contributed by atoms with Crippen molar-refractivity contribution < 1.29 is 14.7 Å². The molecule has 5 heteroatoms. The van der Waals surface area contributed by atoms with Gasteiger partial charge in [0, 0.05) is 12.2 Å². The number of hydrogen-bond acceptors (Lipinski definition) is 3. The Morgan fingerprint density at radius 1 is 0.767 bits per heavy atom. The maximum Gasteiger partial charge on any atom is 0.326 e. The fourth-order valence-electron chi connectivity index (χ4n) is 3.33. The number of amides is 1. The van der Waals surface area contributed by atoms with Gasteiger partial charge in [-0.2, -0.15) is 12.6 Å². The SMILES string of the molecule is O=C(N[C@@H](Cc1ccc(-c2ccccc2)cc1)C(=O)O)C(CS)Cc1ccccc1. The van der Waals surface area contributed by atoms with Gasteiger partial charge in [0.15, 0.2) is 0 Å². The number of rotatable bonds is 9. The summed E-state index contributed by atoms with van der Waals surface area (Å²) in [4.78, 5) is 24.5. The Labute approximate surface area is 182 Å². The summed E-state index contributed by atoms with van der Waals surface area (Å²) >= 11 is 4.30. The van der Waals surface area contributed by atoms with Crippen LogP contribution in [0, 0.1) is 5.92 Å². The normalized spacial score (nSPS) is 12.7. The van der Waals surface area contributed by atoms with Crippen molar-refractivity contribution in [1.29, 1.82) is 0 Å². The van der Waals surface area contributed by atoms with Crippen molar-refractivity contribution in [3.63, 3.8) is 0 Å². The monoisotopic (exact) mass is 419 g/mol. The first-order valence-electron chi connectivity index (χ1n) is 9.89. The van der Waals surface area contributed by atoms with Crippen LogP contribution in [0.4, 0.5) is 0 Å². The van der Waals surface area contributed by atoms with Crippen molar-refractivity contribution in [3.05, 3.63) is 96.1 Å². The molecule has 2 atom stereocenters. The first kappa shape index (κ1) is 21.7. The summed E-state index contributed by atoms with van der Waals surface area (Å²) in [6, 6.07) is 26.4. The van der Waals surface area contributed by atoms with Gasteiger partial charge >= 0.3 is 5.97 Å². The molecule has 4 nitrogen and oxygen atoms in total. The van der Waals surface area contributed by atoms with Crippen LogP contribution in [0.3, 0.4) is 0 Å². The molecule has 0 heterocycles. The van der Waals surface area contributed by atoms with Crippen molar-refractivity contribution >= 4 is 24.5 Å². The van der Waals surface area contributed by atoms with Crippen molar-refractivity contribution in [1.82, 2.24) is 5.32 Å². The molecule has 3 aromatic rings. The van der Waals surface area contributed by atoms with Gasteiger partial charge in [0.1, 0.15) is 6.04 Å². The zero-order chi connectivity index (χ0) is 21.3. The van der Waals surface area contributed by atoms with E-state index in [1.807, 2.05) is 84.9 Å². The van der Waals surface area contributed by atoms with Crippen molar-refractivity contribution in [2.45, 2.75) is 18.9 Å². The van der Waals surface area contributed by atoms with Crippen molar-refractivity contribution in [2.24, 2.45) is 5.92 Å². The Hall–Kier alpha value is -3.05. The lowest BCUT2D eigenvalue weighted by Crippen LogP contribution is -2.45. The molecule has 0 aliphatic heterocycles. The molecule has 0 saturated carbocycles. The second-order valence-corrected chi connectivity index (χ2v) is 7.60. The summed E-state index contributed by atoms with van der Waals surface area (Å²) in [5.41, 5.74) is 4.04. The third-order valence-corrected chi connectivity index (χ3v) is 5.47. The maximum atomic E-state index is 12.7. The number of benzene rings is 3. The van der Waals surface area contributed by atoms with Crippen LogP contribution in [0.5, 0.6) is 0 Å². The van der Waals surface area contributed by atoms with Crippen molar-refractivity contribution in [2.75, 3.05) is 5.75 Å². The van der Waals surface area contributed by atoms with E-state index in [0.29, 0.717) is 12.2 Å². The minimum Gasteiger partial charge on any atom is -0.480 e. The summed E-state index contributed by atoms with van der Waals surface area (Å²) in [7, 11) is 0. The molecule has 1 unspecified atom stereocenters. The van der Waals surface area contributed by atoms with Gasteiger partial charge in [0.2, 0.25) is 5.91 Å². The van der Waals surface area contributed by atoms with Crippen LogP contribution >= 0.6 is 12.6 Å². The molecule has 0 fully saturated rings. The van der Waals surface area contributed by atoms with Gasteiger partial charge in [0.25, 0.3) is 0 Å². The second-order valence-electron chi connectivity index (χ2n) is 7.24. The lowest BCUT2D eigenvalue weighted by Gasteiger charge is -2.19. The number of hydrogen-bond donors (Lipinski definition) is 3. The van der Waals surface area contributed by atoms with Crippen LogP contribution in [0.2, 0.25) is 0 Å². The average Bonchev–Trinajstić information content (AvgIpc) is 2.78. The van der Waals surface area contributed by atoms with E-state index >= 15 is 0 Å². The molecule has 0 saturated heterocycles. The standard InChI is InChI=1S/C25H25NO3S/c27-24(22(17-30)15-18-7-3-1-4-8-18)26-23(25(28)29)16-19-11-13-21(14-12-19)20-9-5-2-6-10-20/h1-14,22-23,30H,15-17H2,(H,26,27)(H,28,29)/t22?,23-/m0/s1. The fraction of sp³-hybridized carbons (Fsp3) is 0.200. The van der Waals surface area contributed by atoms with E-state index < -0.39 is 17.9 Å². The number of carbonyl (C=O) groups excluding carboxylic acids is 1. The van der Waals surface area contributed by atoms with E-state index in [2.05, 4.69) is 17.9 Å². The molecule has 0 bridgehead atoms. The van der Waals surface area contributed by atoms with Crippen LogP contribution in [-0.4, -0.2) is 28.8 Å². The van der Waals surface area contributed by atoms with E-state index in [4.69, 9.17) is 0 Å². The summed E-state index contributed by atoms with van der Waals surface area (Å²) in [5.74, 6) is -1.38. The highest BCUT2D eigenvalue weighted by molar-refractivity contribution is 7.80. The number of nitrogens with one attached hydrogen (secondary N) is 1. The first-order valence-corrected chi connectivity index (χ1v) is 10.5. The Kier molecular flexibility index (Phi) is 7.69. The number of aliphatic carboxylic acids is 1. The topological polar surface area (TPSA) is 66.4 Å². The summed E-state index contributed by atoms with van der Waals surface area (Å²) < 4.78 is 0. The molecule has 3 rings (SSSR count). The van der Waals surface area contributed by atoms with Gasteiger partial charge < -0.3 is 10.4 Å². The van der Waals surface area contributed by atoms with E-state index in [9.17, 15) is 14.7 Å². The Morgan fingerprint density at radius 3 is 1.87 bits per heavy atom. The van der Waals surface area contributed by atoms with Gasteiger partial charge in [-0.1, -0.05) is 84.9 Å². The molecule has 0 aromatic heterocycles. The van der Waals surface area contributed by atoms with Gasteiger partial charge in [-0.05, 0) is 28.7 Å². The predicted molar refractivity (Wildman–Crippen MR) is 123 cm³/mol. The maximum absolute atomic E-state index is 12.7.